The summed E-state index contributed by atoms with van der Waals surface area (Å²) in [5.74, 6) is 0.967. The van der Waals surface area contributed by atoms with Gasteiger partial charge in [0.1, 0.15) is 5.82 Å². The maximum Gasteiger partial charge on any atom is 0.242 e. The van der Waals surface area contributed by atoms with Gasteiger partial charge < -0.3 is 19.6 Å². The van der Waals surface area contributed by atoms with Crippen molar-refractivity contribution in [2.75, 3.05) is 31.6 Å². The van der Waals surface area contributed by atoms with Crippen LogP contribution in [0.5, 0.6) is 0 Å². The molecule has 1 heterocycles. The highest BCUT2D eigenvalue weighted by Crippen LogP contribution is 2.28. The number of rotatable bonds is 11. The Bertz CT molecular complexity index is 1320. The van der Waals surface area contributed by atoms with Crippen molar-refractivity contribution in [2.24, 2.45) is 5.92 Å². The van der Waals surface area contributed by atoms with E-state index in [0.717, 1.165) is 40.8 Å². The van der Waals surface area contributed by atoms with Crippen molar-refractivity contribution < 1.29 is 18.5 Å². The standard InChI is InChI=1S/C30H38FN5O3/c1-19(2)7-6-12-32-28(37)17-36(27-16-23(9-8-20(27)3)30-33-21(4)39-34-30)18-29(38)35(5)26-14-22-10-11-25(31)13-24(22)15-26/h8-11,13,16,19,26H,6-7,12,14-15,17-18H2,1-5H3,(H,32,37). The van der Waals surface area contributed by atoms with Gasteiger partial charge in [-0.05, 0) is 73.4 Å². The van der Waals surface area contributed by atoms with E-state index < -0.39 is 0 Å². The van der Waals surface area contributed by atoms with Crippen molar-refractivity contribution in [1.29, 1.82) is 0 Å². The van der Waals surface area contributed by atoms with Gasteiger partial charge in [-0.15, -0.1) is 0 Å². The van der Waals surface area contributed by atoms with Gasteiger partial charge in [0, 0.05) is 37.8 Å². The van der Waals surface area contributed by atoms with Crippen molar-refractivity contribution in [2.45, 2.75) is 59.4 Å². The maximum atomic E-state index is 13.7. The minimum Gasteiger partial charge on any atom is -0.355 e. The van der Waals surface area contributed by atoms with Gasteiger partial charge in [0.05, 0.1) is 13.1 Å². The van der Waals surface area contributed by atoms with E-state index in [1.807, 2.05) is 30.0 Å². The minimum atomic E-state index is -0.263. The van der Waals surface area contributed by atoms with Crippen molar-refractivity contribution >= 4 is 17.5 Å². The second-order valence-corrected chi connectivity index (χ2v) is 10.9. The Morgan fingerprint density at radius 3 is 2.59 bits per heavy atom. The molecule has 0 spiro atoms. The van der Waals surface area contributed by atoms with Gasteiger partial charge in [-0.25, -0.2) is 4.39 Å². The smallest absolute Gasteiger partial charge is 0.242 e. The highest BCUT2D eigenvalue weighted by molar-refractivity contribution is 5.87. The SMILES string of the molecule is Cc1nc(-c2ccc(C)c(N(CC(=O)NCCCC(C)C)CC(=O)N(C)C3Cc4ccc(F)cc4C3)c2)no1. The molecule has 3 aromatic rings. The van der Waals surface area contributed by atoms with E-state index in [0.29, 0.717) is 37.0 Å². The number of likely N-dealkylation sites (N-methyl/N-ethyl adjacent to an activating group) is 1. The average molecular weight is 536 g/mol. The highest BCUT2D eigenvalue weighted by atomic mass is 19.1. The number of aryl methyl sites for hydroxylation is 2. The Balaban J connectivity index is 1.52. The van der Waals surface area contributed by atoms with Gasteiger partial charge in [0.15, 0.2) is 0 Å². The largest absolute Gasteiger partial charge is 0.355 e. The first-order chi connectivity index (χ1) is 18.6. The van der Waals surface area contributed by atoms with Gasteiger partial charge >= 0.3 is 0 Å². The molecule has 1 aliphatic rings. The number of anilines is 1. The second kappa shape index (κ2) is 12.4. The lowest BCUT2D eigenvalue weighted by atomic mass is 10.1. The van der Waals surface area contributed by atoms with Crippen LogP contribution < -0.4 is 10.2 Å². The maximum absolute atomic E-state index is 13.7. The Morgan fingerprint density at radius 1 is 1.10 bits per heavy atom. The molecule has 1 unspecified atom stereocenters. The van der Waals surface area contributed by atoms with Gasteiger partial charge in [-0.1, -0.05) is 37.2 Å². The lowest BCUT2D eigenvalue weighted by Gasteiger charge is -2.30. The van der Waals surface area contributed by atoms with Gasteiger partial charge in [0.25, 0.3) is 0 Å². The van der Waals surface area contributed by atoms with Crippen LogP contribution in [0.1, 0.15) is 49.3 Å². The van der Waals surface area contributed by atoms with Crippen molar-refractivity contribution in [3.63, 3.8) is 0 Å². The monoisotopic (exact) mass is 535 g/mol. The summed E-state index contributed by atoms with van der Waals surface area (Å²) in [7, 11) is 1.78. The number of halogens is 1. The molecule has 8 nitrogen and oxygen atoms in total. The van der Waals surface area contributed by atoms with Crippen LogP contribution in [-0.2, 0) is 22.4 Å². The molecular weight excluding hydrogens is 497 g/mol. The Labute approximate surface area is 229 Å². The summed E-state index contributed by atoms with van der Waals surface area (Å²) in [6.45, 7) is 8.64. The molecule has 0 bridgehead atoms. The van der Waals surface area contributed by atoms with E-state index in [1.165, 1.54) is 6.07 Å². The summed E-state index contributed by atoms with van der Waals surface area (Å²) < 4.78 is 18.9. The normalized spacial score (nSPS) is 14.4. The minimum absolute atomic E-state index is 0.0205. The van der Waals surface area contributed by atoms with Crippen LogP contribution in [-0.4, -0.2) is 59.6 Å². The molecule has 0 saturated heterocycles. The summed E-state index contributed by atoms with van der Waals surface area (Å²) in [4.78, 5) is 34.4. The first kappa shape index (κ1) is 28.3. The fourth-order valence-corrected chi connectivity index (χ4v) is 5.02. The van der Waals surface area contributed by atoms with Crippen molar-refractivity contribution in [3.05, 3.63) is 64.8 Å². The number of hydrogen-bond acceptors (Lipinski definition) is 6. The Hall–Kier alpha value is -3.75. The van der Waals surface area contributed by atoms with Crippen molar-refractivity contribution in [1.82, 2.24) is 20.4 Å². The van der Waals surface area contributed by atoms with E-state index in [-0.39, 0.29) is 36.8 Å². The van der Waals surface area contributed by atoms with E-state index in [4.69, 9.17) is 4.52 Å². The molecule has 2 aromatic carbocycles. The van der Waals surface area contributed by atoms with Crippen LogP contribution in [0, 0.1) is 25.6 Å². The van der Waals surface area contributed by atoms with Crippen LogP contribution in [0.15, 0.2) is 40.9 Å². The number of nitrogens with one attached hydrogen (secondary N) is 1. The zero-order valence-corrected chi connectivity index (χ0v) is 23.5. The van der Waals surface area contributed by atoms with E-state index in [1.54, 1.807) is 31.0 Å². The zero-order chi connectivity index (χ0) is 28.1. The predicted molar refractivity (Wildman–Crippen MR) is 149 cm³/mol. The molecule has 2 amide bonds. The van der Waals surface area contributed by atoms with Crippen LogP contribution in [0.3, 0.4) is 0 Å². The number of carbonyl (C=O) groups excluding carboxylic acids is 2. The summed E-state index contributed by atoms with van der Waals surface area (Å²) in [5, 5.41) is 7.02. The number of hydrogen-bond donors (Lipinski definition) is 1. The topological polar surface area (TPSA) is 91.6 Å². The van der Waals surface area contributed by atoms with Crippen molar-refractivity contribution in [3.8, 4) is 11.4 Å². The molecule has 39 heavy (non-hydrogen) atoms. The number of nitrogens with zero attached hydrogens (tertiary/aromatic N) is 4. The summed E-state index contributed by atoms with van der Waals surface area (Å²) in [6, 6.07) is 10.5. The molecule has 0 radical (unpaired) electrons. The third-order valence-electron chi connectivity index (χ3n) is 7.30. The van der Waals surface area contributed by atoms with Gasteiger partial charge in [-0.2, -0.15) is 4.98 Å². The molecular formula is C30H38FN5O3. The third kappa shape index (κ3) is 7.22. The lowest BCUT2D eigenvalue weighted by molar-refractivity contribution is -0.130. The number of carbonyl (C=O) groups is 2. The Morgan fingerprint density at radius 2 is 1.87 bits per heavy atom. The molecule has 1 aliphatic carbocycles. The molecule has 1 atom stereocenters. The highest BCUT2D eigenvalue weighted by Gasteiger charge is 2.29. The van der Waals surface area contributed by atoms with E-state index in [9.17, 15) is 14.0 Å². The van der Waals surface area contributed by atoms with E-state index >= 15 is 0 Å². The zero-order valence-electron chi connectivity index (χ0n) is 23.5. The third-order valence-corrected chi connectivity index (χ3v) is 7.30. The number of benzene rings is 2. The van der Waals surface area contributed by atoms with Crippen LogP contribution in [0.4, 0.5) is 10.1 Å². The Kier molecular flexibility index (Phi) is 8.99. The summed E-state index contributed by atoms with van der Waals surface area (Å²) in [5.41, 5.74) is 4.43. The first-order valence-corrected chi connectivity index (χ1v) is 13.6. The van der Waals surface area contributed by atoms with Gasteiger partial charge in [-0.3, -0.25) is 9.59 Å². The quantitative estimate of drug-likeness (QED) is 0.364. The van der Waals surface area contributed by atoms with Gasteiger partial charge in [0.2, 0.25) is 23.5 Å². The molecule has 0 saturated carbocycles. The number of fused-ring (bicyclic) bond motifs is 1. The summed E-state index contributed by atoms with van der Waals surface area (Å²) in [6.07, 6.45) is 3.23. The van der Waals surface area contributed by atoms with Crippen LogP contribution in [0.2, 0.25) is 0 Å². The lowest BCUT2D eigenvalue weighted by Crippen LogP contribution is -2.47. The second-order valence-electron chi connectivity index (χ2n) is 10.9. The molecule has 4 rings (SSSR count). The molecule has 1 N–H and O–H groups in total. The molecule has 1 aromatic heterocycles. The number of amides is 2. The van der Waals surface area contributed by atoms with Crippen LogP contribution >= 0.6 is 0 Å². The fourth-order valence-electron chi connectivity index (χ4n) is 5.02. The molecule has 0 fully saturated rings. The van der Waals surface area contributed by atoms with E-state index in [2.05, 4.69) is 29.3 Å². The molecule has 208 valence electrons. The fraction of sp³-hybridized carbons (Fsp3) is 0.467. The first-order valence-electron chi connectivity index (χ1n) is 13.6. The summed E-state index contributed by atoms with van der Waals surface area (Å²) >= 11 is 0. The molecule has 0 aliphatic heterocycles. The predicted octanol–water partition coefficient (Wildman–Crippen LogP) is 4.48. The number of aromatic nitrogens is 2. The van der Waals surface area contributed by atoms with Crippen LogP contribution in [0.25, 0.3) is 11.4 Å². The molecule has 9 heteroatoms. The average Bonchev–Trinajstić information content (AvgIpc) is 3.51.